The van der Waals surface area contributed by atoms with Gasteiger partial charge in [-0.2, -0.15) is 0 Å². The monoisotopic (exact) mass is 422 g/mol. The summed E-state index contributed by atoms with van der Waals surface area (Å²) < 4.78 is 46.4. The Kier molecular flexibility index (Phi) is 7.33. The molecule has 1 amide bonds. The third kappa shape index (κ3) is 6.47. The first-order valence-electron chi connectivity index (χ1n) is 9.82. The van der Waals surface area contributed by atoms with Gasteiger partial charge in [0.2, 0.25) is 0 Å². The summed E-state index contributed by atoms with van der Waals surface area (Å²) in [6, 6.07) is 14.6. The number of rotatable bonds is 7. The smallest absolute Gasteiger partial charge is 0.406 e. The number of carbonyl (C=O) groups excluding carboxylic acids is 1. The fourth-order valence-corrected chi connectivity index (χ4v) is 3.43. The van der Waals surface area contributed by atoms with Crippen molar-refractivity contribution in [3.05, 3.63) is 65.7 Å². The second kappa shape index (κ2) is 9.95. The van der Waals surface area contributed by atoms with Crippen LogP contribution in [-0.4, -0.2) is 61.0 Å². The van der Waals surface area contributed by atoms with E-state index in [0.29, 0.717) is 31.9 Å². The van der Waals surface area contributed by atoms with Crippen LogP contribution in [0.1, 0.15) is 22.8 Å². The Labute approximate surface area is 174 Å². The van der Waals surface area contributed by atoms with Gasteiger partial charge in [-0.25, -0.2) is 0 Å². The molecule has 1 fully saturated rings. The first-order chi connectivity index (χ1) is 14.3. The molecular weight excluding hydrogens is 397 g/mol. The zero-order valence-electron chi connectivity index (χ0n) is 16.8. The summed E-state index contributed by atoms with van der Waals surface area (Å²) in [5, 5.41) is 0. The van der Waals surface area contributed by atoms with E-state index < -0.39 is 6.36 Å². The summed E-state index contributed by atoms with van der Waals surface area (Å²) >= 11 is 0. The number of benzene rings is 2. The van der Waals surface area contributed by atoms with Crippen LogP contribution in [-0.2, 0) is 11.3 Å². The van der Waals surface area contributed by atoms with E-state index in [2.05, 4.69) is 9.64 Å². The fraction of sp³-hybridized carbons (Fsp3) is 0.409. The molecule has 0 spiro atoms. The molecule has 1 unspecified atom stereocenters. The van der Waals surface area contributed by atoms with Crippen LogP contribution in [0, 0.1) is 0 Å². The second-order valence-corrected chi connectivity index (χ2v) is 7.25. The van der Waals surface area contributed by atoms with Crippen LogP contribution < -0.4 is 4.74 Å². The average Bonchev–Trinajstić information content (AvgIpc) is 2.72. The molecule has 0 radical (unpaired) electrons. The van der Waals surface area contributed by atoms with Crippen LogP contribution in [0.25, 0.3) is 0 Å². The van der Waals surface area contributed by atoms with Crippen LogP contribution in [0.5, 0.6) is 5.75 Å². The average molecular weight is 422 g/mol. The summed E-state index contributed by atoms with van der Waals surface area (Å²) in [6.07, 6.45) is -4.77. The van der Waals surface area contributed by atoms with Gasteiger partial charge in [0.15, 0.2) is 0 Å². The number of halogens is 3. The van der Waals surface area contributed by atoms with Gasteiger partial charge in [0.25, 0.3) is 5.91 Å². The van der Waals surface area contributed by atoms with Gasteiger partial charge in [0.1, 0.15) is 5.75 Å². The van der Waals surface area contributed by atoms with Crippen molar-refractivity contribution in [1.82, 2.24) is 9.80 Å². The van der Waals surface area contributed by atoms with Gasteiger partial charge in [0.05, 0.1) is 13.2 Å². The summed E-state index contributed by atoms with van der Waals surface area (Å²) in [7, 11) is 0. The third-order valence-corrected chi connectivity index (χ3v) is 4.95. The van der Waals surface area contributed by atoms with Gasteiger partial charge in [0, 0.05) is 37.8 Å². The summed E-state index contributed by atoms with van der Waals surface area (Å²) in [6.45, 7) is 6.03. The predicted molar refractivity (Wildman–Crippen MR) is 106 cm³/mol. The Morgan fingerprint density at radius 1 is 1.10 bits per heavy atom. The van der Waals surface area contributed by atoms with Crippen molar-refractivity contribution in [2.75, 3.05) is 32.8 Å². The maximum Gasteiger partial charge on any atom is 0.573 e. The zero-order valence-corrected chi connectivity index (χ0v) is 16.8. The van der Waals surface area contributed by atoms with E-state index in [9.17, 15) is 18.0 Å². The lowest BCUT2D eigenvalue weighted by Crippen LogP contribution is -2.48. The van der Waals surface area contributed by atoms with Gasteiger partial charge >= 0.3 is 6.36 Å². The number of alkyl halides is 3. The molecule has 2 aromatic rings. The lowest BCUT2D eigenvalue weighted by Gasteiger charge is -2.35. The minimum Gasteiger partial charge on any atom is -0.406 e. The van der Waals surface area contributed by atoms with E-state index in [1.165, 1.54) is 12.1 Å². The molecular formula is C22H25F3N2O3. The van der Waals surface area contributed by atoms with Gasteiger partial charge in [-0.3, -0.25) is 9.69 Å². The molecule has 1 atom stereocenters. The largest absolute Gasteiger partial charge is 0.573 e. The first kappa shape index (κ1) is 22.1. The Hall–Kier alpha value is -2.58. The molecule has 0 saturated carbocycles. The molecule has 5 nitrogen and oxygen atoms in total. The lowest BCUT2D eigenvalue weighted by molar-refractivity contribution is -0.274. The van der Waals surface area contributed by atoms with Crippen molar-refractivity contribution in [2.45, 2.75) is 25.9 Å². The van der Waals surface area contributed by atoms with E-state index in [-0.39, 0.29) is 17.7 Å². The highest BCUT2D eigenvalue weighted by molar-refractivity contribution is 5.94. The summed E-state index contributed by atoms with van der Waals surface area (Å²) in [5.74, 6) is -0.590. The number of ether oxygens (including phenoxy) is 2. The maximum atomic E-state index is 13.2. The summed E-state index contributed by atoms with van der Waals surface area (Å²) in [5.41, 5.74) is 1.30. The van der Waals surface area contributed by atoms with Gasteiger partial charge in [-0.15, -0.1) is 13.2 Å². The van der Waals surface area contributed by atoms with E-state index in [1.54, 1.807) is 4.90 Å². The number of morpholine rings is 1. The summed E-state index contributed by atoms with van der Waals surface area (Å²) in [4.78, 5) is 17.3. The fourth-order valence-electron chi connectivity index (χ4n) is 3.43. The quantitative estimate of drug-likeness (QED) is 0.678. The topological polar surface area (TPSA) is 42.0 Å². The van der Waals surface area contributed by atoms with Crippen molar-refractivity contribution in [2.24, 2.45) is 0 Å². The second-order valence-electron chi connectivity index (χ2n) is 7.25. The Morgan fingerprint density at radius 2 is 1.73 bits per heavy atom. The number of amides is 1. The van der Waals surface area contributed by atoms with Crippen molar-refractivity contribution in [1.29, 1.82) is 0 Å². The molecule has 8 heteroatoms. The number of carbonyl (C=O) groups is 1. The molecule has 1 aliphatic heterocycles. The molecule has 1 heterocycles. The lowest BCUT2D eigenvalue weighted by atomic mass is 10.1. The van der Waals surface area contributed by atoms with Crippen LogP contribution in [0.3, 0.4) is 0 Å². The number of hydrogen-bond acceptors (Lipinski definition) is 4. The van der Waals surface area contributed by atoms with E-state index in [0.717, 1.165) is 30.8 Å². The highest BCUT2D eigenvalue weighted by Gasteiger charge is 2.31. The molecule has 0 bridgehead atoms. The zero-order chi connectivity index (χ0) is 21.6. The van der Waals surface area contributed by atoms with E-state index in [1.807, 2.05) is 37.3 Å². The van der Waals surface area contributed by atoms with Crippen LogP contribution in [0.2, 0.25) is 0 Å². The van der Waals surface area contributed by atoms with Crippen LogP contribution in [0.15, 0.2) is 54.6 Å². The number of hydrogen-bond donors (Lipinski definition) is 0. The Balaban J connectivity index is 1.76. The van der Waals surface area contributed by atoms with Gasteiger partial charge in [-0.05, 0) is 36.8 Å². The highest BCUT2D eigenvalue weighted by atomic mass is 19.4. The molecule has 30 heavy (non-hydrogen) atoms. The molecule has 0 aromatic heterocycles. The van der Waals surface area contributed by atoms with Gasteiger partial charge < -0.3 is 14.4 Å². The molecule has 3 rings (SSSR count). The van der Waals surface area contributed by atoms with Crippen molar-refractivity contribution < 1.29 is 27.4 Å². The molecule has 0 aliphatic carbocycles. The first-order valence-corrected chi connectivity index (χ1v) is 9.82. The Morgan fingerprint density at radius 3 is 2.33 bits per heavy atom. The minimum atomic E-state index is -4.77. The molecule has 162 valence electrons. The minimum absolute atomic E-state index is 0.0955. The highest BCUT2D eigenvalue weighted by Crippen LogP contribution is 2.24. The molecule has 1 aliphatic rings. The molecule has 0 N–H and O–H groups in total. The third-order valence-electron chi connectivity index (χ3n) is 4.95. The Bertz CT molecular complexity index is 807. The van der Waals surface area contributed by atoms with Crippen molar-refractivity contribution in [3.63, 3.8) is 0 Å². The normalized spacial score (nSPS) is 16.1. The molecule has 1 saturated heterocycles. The predicted octanol–water partition coefficient (Wildman–Crippen LogP) is 3.95. The maximum absolute atomic E-state index is 13.2. The molecule has 2 aromatic carbocycles. The number of nitrogens with zero attached hydrogens (tertiary/aromatic N) is 2. The van der Waals surface area contributed by atoms with Crippen LogP contribution >= 0.6 is 0 Å². The van der Waals surface area contributed by atoms with E-state index >= 15 is 0 Å². The van der Waals surface area contributed by atoms with Crippen molar-refractivity contribution in [3.8, 4) is 5.75 Å². The van der Waals surface area contributed by atoms with Crippen molar-refractivity contribution >= 4 is 5.91 Å². The standard InChI is InChI=1S/C22H25F3N2O3/c1-17(15-26-11-13-29-14-12-26)27(16-18-5-3-2-4-6-18)21(28)19-7-9-20(10-8-19)30-22(23,24)25/h2-10,17H,11-16H2,1H3. The van der Waals surface area contributed by atoms with Gasteiger partial charge in [-0.1, -0.05) is 30.3 Å². The van der Waals surface area contributed by atoms with E-state index in [4.69, 9.17) is 4.74 Å². The SMILES string of the molecule is CC(CN1CCOCC1)N(Cc1ccccc1)C(=O)c1ccc(OC(F)(F)F)cc1. The van der Waals surface area contributed by atoms with Crippen LogP contribution in [0.4, 0.5) is 13.2 Å².